The summed E-state index contributed by atoms with van der Waals surface area (Å²) in [7, 11) is -14.2. The number of carbonyl (C=O) groups is 3. The Morgan fingerprint density at radius 1 is 0.774 bits per heavy atom. The molecular formula is C37H31ClN8Na2O11S3. The molecule has 1 aliphatic rings. The number of rotatable bonds is 13. The Morgan fingerprint density at radius 3 is 1.90 bits per heavy atom. The first-order valence-electron chi connectivity index (χ1n) is 17.2. The number of fused-ring (bicyclic) bond motifs is 2. The zero-order chi connectivity index (χ0) is 44.1. The minimum atomic E-state index is -5.38. The molecule has 0 saturated heterocycles. The van der Waals surface area contributed by atoms with Crippen molar-refractivity contribution in [1.82, 2.24) is 20.3 Å². The first-order chi connectivity index (χ1) is 28.0. The molecule has 62 heavy (non-hydrogen) atoms. The van der Waals surface area contributed by atoms with Crippen molar-refractivity contribution in [2.75, 3.05) is 34.0 Å². The van der Waals surface area contributed by atoms with Crippen molar-refractivity contribution in [3.63, 3.8) is 0 Å². The van der Waals surface area contributed by atoms with E-state index in [4.69, 9.17) is 17.3 Å². The van der Waals surface area contributed by atoms with Crippen LogP contribution in [0, 0.1) is 20.8 Å². The molecule has 6 N–H and O–H groups in total. The zero-order valence-electron chi connectivity index (χ0n) is 33.4. The smallest absolute Gasteiger partial charge is 0.744 e. The molecule has 0 saturated carbocycles. The van der Waals surface area contributed by atoms with Gasteiger partial charge in [0, 0.05) is 40.0 Å². The maximum atomic E-state index is 14.0. The van der Waals surface area contributed by atoms with Crippen LogP contribution in [0.5, 0.6) is 0 Å². The van der Waals surface area contributed by atoms with Gasteiger partial charge in [-0.3, -0.25) is 14.4 Å². The van der Waals surface area contributed by atoms with E-state index in [1.165, 1.54) is 63.2 Å². The normalized spacial score (nSPS) is 12.2. The molecule has 6 rings (SSSR count). The number of halogens is 1. The van der Waals surface area contributed by atoms with Gasteiger partial charge in [0.2, 0.25) is 17.2 Å². The van der Waals surface area contributed by atoms with Crippen molar-refractivity contribution < 1.29 is 108 Å². The van der Waals surface area contributed by atoms with E-state index in [9.17, 15) is 48.7 Å². The van der Waals surface area contributed by atoms with E-state index < -0.39 is 79.8 Å². The van der Waals surface area contributed by atoms with Gasteiger partial charge in [-0.2, -0.15) is 15.0 Å². The van der Waals surface area contributed by atoms with Gasteiger partial charge in [0.15, 0.2) is 21.4 Å². The number of benzene rings is 4. The minimum Gasteiger partial charge on any atom is -0.744 e. The van der Waals surface area contributed by atoms with Crippen LogP contribution in [0.3, 0.4) is 0 Å². The predicted molar refractivity (Wildman–Crippen MR) is 218 cm³/mol. The Kier molecular flexibility index (Phi) is 15.6. The minimum absolute atomic E-state index is 0. The molecule has 0 atom stereocenters. The molecule has 5 aromatic rings. The molecule has 312 valence electrons. The third-order valence-electron chi connectivity index (χ3n) is 9.31. The summed E-state index contributed by atoms with van der Waals surface area (Å²) in [5, 5.41) is 11.4. The van der Waals surface area contributed by atoms with E-state index in [1.54, 1.807) is 6.07 Å². The van der Waals surface area contributed by atoms with Gasteiger partial charge >= 0.3 is 59.1 Å². The fraction of sp³-hybridized carbons (Fsp3) is 0.135. The van der Waals surface area contributed by atoms with Gasteiger partial charge in [0.25, 0.3) is 5.91 Å². The van der Waals surface area contributed by atoms with Crippen molar-refractivity contribution in [3.05, 3.63) is 116 Å². The first kappa shape index (κ1) is 50.3. The van der Waals surface area contributed by atoms with E-state index in [1.807, 2.05) is 0 Å². The molecule has 25 heteroatoms. The largest absolute Gasteiger partial charge is 1.00 e. The first-order valence-corrected chi connectivity index (χ1v) is 22.1. The quantitative estimate of drug-likeness (QED) is 0.0482. The number of nitrogens with two attached hydrogens (primary N) is 1. The number of ketones is 2. The molecule has 4 aromatic carbocycles. The number of aromatic nitrogens is 3. The Hall–Kier alpha value is -4.30. The van der Waals surface area contributed by atoms with Gasteiger partial charge in [-0.05, 0) is 73.3 Å². The maximum Gasteiger partial charge on any atom is 1.00 e. The summed E-state index contributed by atoms with van der Waals surface area (Å²) in [4.78, 5) is 51.0. The second-order valence-corrected chi connectivity index (χ2v) is 18.2. The average Bonchev–Trinajstić information content (AvgIpc) is 3.16. The van der Waals surface area contributed by atoms with E-state index in [0.717, 1.165) is 11.5 Å². The number of nitrogens with zero attached hydrogens (tertiary/aromatic N) is 3. The Bertz CT molecular complexity index is 3060. The zero-order valence-corrected chi connectivity index (χ0v) is 40.6. The third kappa shape index (κ3) is 10.4. The van der Waals surface area contributed by atoms with Crippen molar-refractivity contribution in [3.8, 4) is 0 Å². The van der Waals surface area contributed by atoms with Gasteiger partial charge in [-0.1, -0.05) is 36.9 Å². The van der Waals surface area contributed by atoms with Crippen molar-refractivity contribution in [1.29, 1.82) is 0 Å². The standard InChI is InChI=1S/C37H33ClN8O11S3.2Na/c1-5-58(50,51)14-13-40-34(49)20-9-8-10-21(15-20)41-36-44-35(38)45-37(46-36)43-30-17(2)29(18(3)33(19(30)4)60(55,56)57)42-24-16-25(59(52,53)54)28(39)27-26(24)31(47)22-11-6-7-12-23(22)32(27)48;;/h5-12,15-16,42H,1,13-14,39H2,2-4H3,(H,40,49)(H,52,53,54)(H,55,56,57)(H2,41,43,44,45,46);;/q;2*+1/p-2. The fourth-order valence-electron chi connectivity index (χ4n) is 6.61. The van der Waals surface area contributed by atoms with Crippen LogP contribution in [-0.2, 0) is 30.1 Å². The van der Waals surface area contributed by atoms with Gasteiger partial charge in [-0.25, -0.2) is 25.3 Å². The van der Waals surface area contributed by atoms with Gasteiger partial charge in [-0.15, -0.1) is 0 Å². The number of carbonyl (C=O) groups excluding carboxylic acids is 3. The molecule has 0 bridgehead atoms. The Labute approximate surface area is 404 Å². The summed E-state index contributed by atoms with van der Waals surface area (Å²) in [6, 6.07) is 12.4. The summed E-state index contributed by atoms with van der Waals surface area (Å²) in [6.45, 7) is 7.10. The van der Waals surface area contributed by atoms with Crippen LogP contribution in [0.15, 0.2) is 76.4 Å². The van der Waals surface area contributed by atoms with E-state index in [2.05, 4.69) is 42.8 Å². The number of hydrogen-bond donors (Lipinski definition) is 5. The molecular weight excluding hydrogens is 910 g/mol. The molecule has 0 unspecified atom stereocenters. The number of nitrogens with one attached hydrogen (secondary N) is 4. The molecule has 0 spiro atoms. The summed E-state index contributed by atoms with van der Waals surface area (Å²) < 4.78 is 99.1. The number of hydrogen-bond acceptors (Lipinski definition) is 18. The Morgan fingerprint density at radius 2 is 1.34 bits per heavy atom. The predicted octanol–water partition coefficient (Wildman–Crippen LogP) is -1.86. The summed E-state index contributed by atoms with van der Waals surface area (Å²) >= 11 is 6.25. The number of sulfone groups is 1. The van der Waals surface area contributed by atoms with Crippen molar-refractivity contribution >= 4 is 99.5 Å². The van der Waals surface area contributed by atoms with Gasteiger partial charge in [0.1, 0.15) is 20.2 Å². The van der Waals surface area contributed by atoms with Crippen LogP contribution in [0.1, 0.15) is 58.9 Å². The SMILES string of the molecule is C=CS(=O)(=O)CCNC(=O)c1cccc(Nc2nc(Cl)nc(Nc3c(C)c(Nc4cc(S(=O)(=O)[O-])c(N)c5c4C(=O)c4ccccc4C5=O)c(C)c(S(=O)(=O)[O-])c3C)n2)c1.[Na+].[Na+]. The number of nitrogen functional groups attached to an aromatic ring is 1. The van der Waals surface area contributed by atoms with E-state index in [0.29, 0.717) is 0 Å². The molecule has 1 heterocycles. The fourth-order valence-corrected chi connectivity index (χ4v) is 8.91. The second kappa shape index (κ2) is 19.2. The van der Waals surface area contributed by atoms with E-state index in [-0.39, 0.29) is 139 Å². The molecule has 0 fully saturated rings. The second-order valence-electron chi connectivity index (χ2n) is 13.1. The van der Waals surface area contributed by atoms with Crippen molar-refractivity contribution in [2.45, 2.75) is 30.6 Å². The summed E-state index contributed by atoms with van der Waals surface area (Å²) in [5.41, 5.74) is 3.82. The summed E-state index contributed by atoms with van der Waals surface area (Å²) in [6.07, 6.45) is 0. The molecule has 0 radical (unpaired) electrons. The molecule has 0 aliphatic heterocycles. The van der Waals surface area contributed by atoms with Gasteiger partial charge < -0.3 is 36.1 Å². The molecule has 19 nitrogen and oxygen atoms in total. The van der Waals surface area contributed by atoms with Crippen molar-refractivity contribution in [2.24, 2.45) is 0 Å². The topological polar surface area (TPSA) is 313 Å². The number of anilines is 7. The number of amides is 1. The average molecular weight is 941 g/mol. The summed E-state index contributed by atoms with van der Waals surface area (Å²) in [5.74, 6) is -3.02. The van der Waals surface area contributed by atoms with Crippen LogP contribution >= 0.6 is 11.6 Å². The Balaban J connectivity index is 0.00000422. The van der Waals surface area contributed by atoms with Crippen LogP contribution < -0.4 is 86.1 Å². The van der Waals surface area contributed by atoms with E-state index >= 15 is 0 Å². The van der Waals surface area contributed by atoms with Crippen LogP contribution in [0.2, 0.25) is 5.28 Å². The molecule has 1 aliphatic carbocycles. The van der Waals surface area contributed by atoms with Crippen LogP contribution in [0.4, 0.5) is 40.3 Å². The third-order valence-corrected chi connectivity index (χ3v) is 12.8. The molecule has 1 aromatic heterocycles. The van der Waals surface area contributed by atoms with Crippen LogP contribution in [0.25, 0.3) is 0 Å². The monoisotopic (exact) mass is 940 g/mol. The van der Waals surface area contributed by atoms with Crippen LogP contribution in [-0.4, -0.2) is 79.1 Å². The maximum absolute atomic E-state index is 14.0. The van der Waals surface area contributed by atoms with Gasteiger partial charge in [0.05, 0.1) is 43.7 Å². The molecule has 1 amide bonds.